The molecule has 4 rings (SSSR count). The van der Waals surface area contributed by atoms with E-state index in [2.05, 4.69) is 10.2 Å². The molecule has 1 aromatic heterocycles. The standard InChI is InChI=1S/C21H21ClN4O3/c1-25(2)13-5-3-12(4-6-13)21(29)26-8-7-17-15(11-26)20(24-23-17)14-9-16(22)19(28)10-18(14)27/h3-6,9-10,27-28H,7-8,11H2,1-2H3,(H,23,24). The van der Waals surface area contributed by atoms with Gasteiger partial charge in [0.25, 0.3) is 5.91 Å². The van der Waals surface area contributed by atoms with Crippen molar-refractivity contribution in [2.45, 2.75) is 13.0 Å². The molecule has 0 atom stereocenters. The van der Waals surface area contributed by atoms with Gasteiger partial charge in [-0.05, 0) is 30.3 Å². The summed E-state index contributed by atoms with van der Waals surface area (Å²) in [5.41, 5.74) is 4.36. The highest BCUT2D eigenvalue weighted by molar-refractivity contribution is 6.32. The second kappa shape index (κ2) is 7.33. The zero-order chi connectivity index (χ0) is 20.7. The Morgan fingerprint density at radius 2 is 1.90 bits per heavy atom. The van der Waals surface area contributed by atoms with E-state index < -0.39 is 0 Å². The molecule has 29 heavy (non-hydrogen) atoms. The first kappa shape index (κ1) is 19.1. The first-order valence-electron chi connectivity index (χ1n) is 9.19. The summed E-state index contributed by atoms with van der Waals surface area (Å²) in [5.74, 6) is -0.375. The summed E-state index contributed by atoms with van der Waals surface area (Å²) in [6, 6.07) is 10.2. The lowest BCUT2D eigenvalue weighted by Crippen LogP contribution is -2.35. The quantitative estimate of drug-likeness (QED) is 0.613. The van der Waals surface area contributed by atoms with Crippen LogP contribution in [0, 0.1) is 0 Å². The fourth-order valence-electron chi connectivity index (χ4n) is 3.52. The van der Waals surface area contributed by atoms with Crippen molar-refractivity contribution in [3.63, 3.8) is 0 Å². The summed E-state index contributed by atoms with van der Waals surface area (Å²) in [6.07, 6.45) is 0.635. The Balaban J connectivity index is 1.63. The van der Waals surface area contributed by atoms with Gasteiger partial charge in [-0.25, -0.2) is 0 Å². The first-order chi connectivity index (χ1) is 13.8. The molecule has 0 aliphatic carbocycles. The predicted molar refractivity (Wildman–Crippen MR) is 112 cm³/mol. The van der Waals surface area contributed by atoms with Gasteiger partial charge in [0.05, 0.1) is 5.02 Å². The van der Waals surface area contributed by atoms with Crippen LogP contribution < -0.4 is 4.90 Å². The van der Waals surface area contributed by atoms with Gasteiger partial charge in [0.1, 0.15) is 17.2 Å². The Kier molecular flexibility index (Phi) is 4.84. The molecule has 0 saturated carbocycles. The maximum atomic E-state index is 13.0. The maximum absolute atomic E-state index is 13.0. The van der Waals surface area contributed by atoms with Crippen molar-refractivity contribution in [1.82, 2.24) is 15.1 Å². The summed E-state index contributed by atoms with van der Waals surface area (Å²) in [6.45, 7) is 0.943. The smallest absolute Gasteiger partial charge is 0.254 e. The SMILES string of the molecule is CN(C)c1ccc(C(=O)N2CCc3[nH]nc(-c4cc(Cl)c(O)cc4O)c3C2)cc1. The number of hydrogen-bond donors (Lipinski definition) is 3. The highest BCUT2D eigenvalue weighted by atomic mass is 35.5. The molecule has 2 heterocycles. The first-order valence-corrected chi connectivity index (χ1v) is 9.57. The molecule has 3 N–H and O–H groups in total. The Hall–Kier alpha value is -3.19. The van der Waals surface area contributed by atoms with E-state index in [-0.39, 0.29) is 22.4 Å². The fourth-order valence-corrected chi connectivity index (χ4v) is 3.68. The maximum Gasteiger partial charge on any atom is 0.254 e. The third-order valence-corrected chi connectivity index (χ3v) is 5.47. The zero-order valence-corrected chi connectivity index (χ0v) is 16.9. The molecule has 3 aromatic rings. The minimum absolute atomic E-state index is 0.0546. The third-order valence-electron chi connectivity index (χ3n) is 5.17. The third kappa shape index (κ3) is 3.49. The van der Waals surface area contributed by atoms with Gasteiger partial charge in [-0.3, -0.25) is 9.89 Å². The molecule has 1 amide bonds. The van der Waals surface area contributed by atoms with Gasteiger partial charge in [-0.2, -0.15) is 5.10 Å². The van der Waals surface area contributed by atoms with Gasteiger partial charge in [-0.1, -0.05) is 11.6 Å². The van der Waals surface area contributed by atoms with Crippen LogP contribution in [0.15, 0.2) is 36.4 Å². The number of aromatic nitrogens is 2. The van der Waals surface area contributed by atoms with Crippen LogP contribution in [0.1, 0.15) is 21.6 Å². The van der Waals surface area contributed by atoms with E-state index in [1.54, 1.807) is 4.90 Å². The van der Waals surface area contributed by atoms with Crippen LogP contribution in [0.4, 0.5) is 5.69 Å². The van der Waals surface area contributed by atoms with E-state index in [4.69, 9.17) is 11.6 Å². The molecule has 0 radical (unpaired) electrons. The Labute approximate surface area is 173 Å². The van der Waals surface area contributed by atoms with Gasteiger partial charge in [0.2, 0.25) is 0 Å². The molecule has 150 valence electrons. The summed E-state index contributed by atoms with van der Waals surface area (Å²) >= 11 is 6.01. The monoisotopic (exact) mass is 412 g/mol. The number of hydrogen-bond acceptors (Lipinski definition) is 5. The average molecular weight is 413 g/mol. The van der Waals surface area contributed by atoms with Crippen molar-refractivity contribution in [3.05, 3.63) is 58.2 Å². The van der Waals surface area contributed by atoms with Crippen molar-refractivity contribution < 1.29 is 15.0 Å². The molecule has 0 bridgehead atoms. The van der Waals surface area contributed by atoms with Crippen LogP contribution in [0.25, 0.3) is 11.3 Å². The lowest BCUT2D eigenvalue weighted by molar-refractivity contribution is 0.0734. The normalized spacial score (nSPS) is 13.3. The van der Waals surface area contributed by atoms with Crippen LogP contribution in [-0.4, -0.2) is 51.9 Å². The molecule has 0 unspecified atom stereocenters. The Morgan fingerprint density at radius 1 is 1.17 bits per heavy atom. The number of carbonyl (C=O) groups excluding carboxylic acids is 1. The van der Waals surface area contributed by atoms with Gasteiger partial charge in [0.15, 0.2) is 0 Å². The largest absolute Gasteiger partial charge is 0.507 e. The number of phenolic OH excluding ortho intramolecular Hbond substituents is 2. The number of halogens is 1. The lowest BCUT2D eigenvalue weighted by Gasteiger charge is -2.27. The number of nitrogens with zero attached hydrogens (tertiary/aromatic N) is 3. The molecule has 8 heteroatoms. The topological polar surface area (TPSA) is 92.7 Å². The minimum Gasteiger partial charge on any atom is -0.507 e. The molecule has 0 spiro atoms. The van der Waals surface area contributed by atoms with Crippen LogP contribution in [0.2, 0.25) is 5.02 Å². The number of rotatable bonds is 3. The van der Waals surface area contributed by atoms with Crippen LogP contribution in [0.5, 0.6) is 11.5 Å². The van der Waals surface area contributed by atoms with E-state index in [9.17, 15) is 15.0 Å². The summed E-state index contributed by atoms with van der Waals surface area (Å²) in [7, 11) is 3.91. The number of benzene rings is 2. The predicted octanol–water partition coefficient (Wildman–Crippen LogP) is 3.41. The number of aromatic amines is 1. The summed E-state index contributed by atoms with van der Waals surface area (Å²) in [5, 5.41) is 27.4. The van der Waals surface area contributed by atoms with Crippen molar-refractivity contribution in [2.24, 2.45) is 0 Å². The molecule has 1 aliphatic rings. The molecule has 0 saturated heterocycles. The highest BCUT2D eigenvalue weighted by Crippen LogP contribution is 2.39. The molecule has 1 aliphatic heterocycles. The number of nitrogens with one attached hydrogen (secondary N) is 1. The zero-order valence-electron chi connectivity index (χ0n) is 16.1. The van der Waals surface area contributed by atoms with Crippen molar-refractivity contribution >= 4 is 23.2 Å². The lowest BCUT2D eigenvalue weighted by atomic mass is 9.99. The minimum atomic E-state index is -0.199. The number of H-pyrrole nitrogens is 1. The summed E-state index contributed by atoms with van der Waals surface area (Å²) in [4.78, 5) is 16.8. The second-order valence-electron chi connectivity index (χ2n) is 7.27. The van der Waals surface area contributed by atoms with Crippen molar-refractivity contribution in [2.75, 3.05) is 25.5 Å². The van der Waals surface area contributed by atoms with E-state index in [0.717, 1.165) is 16.9 Å². The van der Waals surface area contributed by atoms with E-state index in [1.165, 1.54) is 12.1 Å². The van der Waals surface area contributed by atoms with Gasteiger partial charge in [0, 0.05) is 67.7 Å². The number of aromatic hydroxyl groups is 2. The van der Waals surface area contributed by atoms with Gasteiger partial charge >= 0.3 is 0 Å². The number of fused-ring (bicyclic) bond motifs is 1. The summed E-state index contributed by atoms with van der Waals surface area (Å²) < 4.78 is 0. The number of phenols is 2. The molecular formula is C21H21ClN4O3. The average Bonchev–Trinajstić information content (AvgIpc) is 3.13. The van der Waals surface area contributed by atoms with Crippen molar-refractivity contribution in [3.8, 4) is 22.8 Å². The molecule has 7 nitrogen and oxygen atoms in total. The van der Waals surface area contributed by atoms with Crippen LogP contribution in [-0.2, 0) is 13.0 Å². The number of carbonyl (C=O) groups is 1. The van der Waals surface area contributed by atoms with E-state index in [0.29, 0.717) is 36.3 Å². The Morgan fingerprint density at radius 3 is 2.59 bits per heavy atom. The molecular weight excluding hydrogens is 392 g/mol. The van der Waals surface area contributed by atoms with E-state index >= 15 is 0 Å². The fraction of sp³-hybridized carbons (Fsp3) is 0.238. The molecule has 2 aromatic carbocycles. The highest BCUT2D eigenvalue weighted by Gasteiger charge is 2.27. The number of amides is 1. The van der Waals surface area contributed by atoms with E-state index in [1.807, 2.05) is 43.3 Å². The van der Waals surface area contributed by atoms with Gasteiger partial charge in [-0.15, -0.1) is 0 Å². The van der Waals surface area contributed by atoms with Crippen LogP contribution in [0.3, 0.4) is 0 Å². The van der Waals surface area contributed by atoms with Gasteiger partial charge < -0.3 is 20.0 Å². The van der Waals surface area contributed by atoms with Crippen molar-refractivity contribution in [1.29, 1.82) is 0 Å². The Bertz CT molecular complexity index is 1080. The second-order valence-corrected chi connectivity index (χ2v) is 7.68. The number of anilines is 1. The van der Waals surface area contributed by atoms with Crippen LogP contribution >= 0.6 is 11.6 Å². The molecule has 0 fully saturated rings.